The molecular formula is C24H27N5O2. The van der Waals surface area contributed by atoms with Gasteiger partial charge in [0.2, 0.25) is 0 Å². The molecule has 7 heteroatoms. The van der Waals surface area contributed by atoms with Gasteiger partial charge in [0.25, 0.3) is 0 Å². The molecule has 0 aliphatic heterocycles. The number of anilines is 1. The van der Waals surface area contributed by atoms with Crippen LogP contribution in [0.25, 0.3) is 21.9 Å². The SMILES string of the molecule is CCCCc1nc2c(N)nc3ccccc3c2n1Cc1ccc(C[C@H](N)C(=O)O)cc1. The minimum atomic E-state index is -0.993. The van der Waals surface area contributed by atoms with Crippen LogP contribution in [0.1, 0.15) is 36.7 Å². The Morgan fingerprint density at radius 3 is 2.52 bits per heavy atom. The third kappa shape index (κ3) is 4.22. The molecule has 4 rings (SSSR count). The van der Waals surface area contributed by atoms with Gasteiger partial charge >= 0.3 is 5.97 Å². The zero-order valence-electron chi connectivity index (χ0n) is 17.6. The lowest BCUT2D eigenvalue weighted by atomic mass is 10.0. The fourth-order valence-corrected chi connectivity index (χ4v) is 3.91. The molecule has 0 fully saturated rings. The maximum atomic E-state index is 11.0. The Labute approximate surface area is 180 Å². The Morgan fingerprint density at radius 2 is 1.81 bits per heavy atom. The van der Waals surface area contributed by atoms with Gasteiger partial charge in [-0.2, -0.15) is 0 Å². The molecule has 2 heterocycles. The molecule has 0 radical (unpaired) electrons. The molecule has 31 heavy (non-hydrogen) atoms. The van der Waals surface area contributed by atoms with E-state index in [1.807, 2.05) is 42.5 Å². The van der Waals surface area contributed by atoms with Crippen LogP contribution >= 0.6 is 0 Å². The van der Waals surface area contributed by atoms with Crippen LogP contribution in [-0.2, 0) is 24.2 Å². The van der Waals surface area contributed by atoms with E-state index >= 15 is 0 Å². The van der Waals surface area contributed by atoms with E-state index in [4.69, 9.17) is 21.6 Å². The Kier molecular flexibility index (Phi) is 5.86. The normalized spacial score (nSPS) is 12.5. The Morgan fingerprint density at radius 1 is 1.10 bits per heavy atom. The number of nitrogens with two attached hydrogens (primary N) is 2. The zero-order chi connectivity index (χ0) is 22.0. The minimum absolute atomic E-state index is 0.304. The smallest absolute Gasteiger partial charge is 0.320 e. The van der Waals surface area contributed by atoms with E-state index in [0.29, 0.717) is 18.8 Å². The molecule has 0 bridgehead atoms. The van der Waals surface area contributed by atoms with Crippen molar-refractivity contribution in [3.63, 3.8) is 0 Å². The van der Waals surface area contributed by atoms with Gasteiger partial charge in [-0.25, -0.2) is 9.97 Å². The highest BCUT2D eigenvalue weighted by Gasteiger charge is 2.17. The number of rotatable bonds is 8. The molecular weight excluding hydrogens is 390 g/mol. The number of aliphatic carboxylic acids is 1. The predicted octanol–water partition coefficient (Wildman–Crippen LogP) is 3.51. The summed E-state index contributed by atoms with van der Waals surface area (Å²) in [6.45, 7) is 2.81. The first kappa shape index (κ1) is 20.8. The summed E-state index contributed by atoms with van der Waals surface area (Å²) in [5, 5.41) is 10.1. The molecule has 0 saturated heterocycles. The van der Waals surface area contributed by atoms with Gasteiger partial charge in [0.1, 0.15) is 17.4 Å². The summed E-state index contributed by atoms with van der Waals surface area (Å²) >= 11 is 0. The number of nitrogens with zero attached hydrogens (tertiary/aromatic N) is 3. The summed E-state index contributed by atoms with van der Waals surface area (Å²) in [4.78, 5) is 20.4. The molecule has 2 aromatic carbocycles. The van der Waals surface area contributed by atoms with Crippen LogP contribution in [0.15, 0.2) is 48.5 Å². The number of hydrogen-bond donors (Lipinski definition) is 3. The molecule has 2 aromatic heterocycles. The number of fused-ring (bicyclic) bond motifs is 3. The number of carboxylic acids is 1. The first-order valence-electron chi connectivity index (χ1n) is 10.6. The van der Waals surface area contributed by atoms with Crippen molar-refractivity contribution < 1.29 is 9.90 Å². The standard InChI is InChI=1S/C24H27N5O2/c1-2-3-8-20-28-21-22(17-6-4-5-7-19(17)27-23(21)26)29(20)14-16-11-9-15(10-12-16)13-18(25)24(30)31/h4-7,9-12,18H,2-3,8,13-14,25H2,1H3,(H2,26,27)(H,30,31)/t18-/m0/s1. The van der Waals surface area contributed by atoms with Crippen LogP contribution in [0.3, 0.4) is 0 Å². The lowest BCUT2D eigenvalue weighted by Crippen LogP contribution is -2.32. The van der Waals surface area contributed by atoms with Gasteiger partial charge in [-0.3, -0.25) is 4.79 Å². The Bertz CT molecular complexity index is 1230. The van der Waals surface area contributed by atoms with Crippen molar-refractivity contribution in [2.24, 2.45) is 5.73 Å². The van der Waals surface area contributed by atoms with Crippen molar-refractivity contribution in [2.45, 2.75) is 45.2 Å². The number of para-hydroxylation sites is 1. The number of benzene rings is 2. The molecule has 5 N–H and O–H groups in total. The van der Waals surface area contributed by atoms with E-state index in [0.717, 1.165) is 58.2 Å². The first-order valence-corrected chi connectivity index (χ1v) is 10.6. The van der Waals surface area contributed by atoms with Crippen molar-refractivity contribution in [2.75, 3.05) is 5.73 Å². The highest BCUT2D eigenvalue weighted by molar-refractivity contribution is 6.06. The number of hydrogen-bond acceptors (Lipinski definition) is 5. The second-order valence-electron chi connectivity index (χ2n) is 7.89. The van der Waals surface area contributed by atoms with Gasteiger partial charge in [0.15, 0.2) is 5.82 Å². The van der Waals surface area contributed by atoms with Crippen LogP contribution < -0.4 is 11.5 Å². The van der Waals surface area contributed by atoms with E-state index < -0.39 is 12.0 Å². The van der Waals surface area contributed by atoms with Crippen molar-refractivity contribution in [1.82, 2.24) is 14.5 Å². The number of imidazole rings is 1. The Hall–Kier alpha value is -3.45. The average Bonchev–Trinajstić information content (AvgIpc) is 3.12. The second-order valence-corrected chi connectivity index (χ2v) is 7.89. The molecule has 0 spiro atoms. The lowest BCUT2D eigenvalue weighted by Gasteiger charge is -2.12. The number of nitrogen functional groups attached to an aromatic ring is 1. The minimum Gasteiger partial charge on any atom is -0.480 e. The number of aromatic nitrogens is 3. The van der Waals surface area contributed by atoms with Gasteiger partial charge in [-0.05, 0) is 30.0 Å². The van der Waals surface area contributed by atoms with E-state index in [2.05, 4.69) is 22.5 Å². The van der Waals surface area contributed by atoms with Gasteiger partial charge in [-0.15, -0.1) is 0 Å². The van der Waals surface area contributed by atoms with Crippen molar-refractivity contribution >= 4 is 33.7 Å². The summed E-state index contributed by atoms with van der Waals surface area (Å²) in [5.41, 5.74) is 16.5. The first-order chi connectivity index (χ1) is 15.0. The summed E-state index contributed by atoms with van der Waals surface area (Å²) in [5.74, 6) is 0.453. The highest BCUT2D eigenvalue weighted by atomic mass is 16.4. The quantitative estimate of drug-likeness (QED) is 0.403. The average molecular weight is 418 g/mol. The summed E-state index contributed by atoms with van der Waals surface area (Å²) in [6, 6.07) is 15.0. The number of carbonyl (C=O) groups is 1. The molecule has 4 aromatic rings. The third-order valence-corrected chi connectivity index (χ3v) is 5.58. The number of unbranched alkanes of at least 4 members (excludes halogenated alkanes) is 1. The van der Waals surface area contributed by atoms with Crippen molar-refractivity contribution in [1.29, 1.82) is 0 Å². The van der Waals surface area contributed by atoms with Crippen LogP contribution in [0.4, 0.5) is 5.82 Å². The fourth-order valence-electron chi connectivity index (χ4n) is 3.91. The largest absolute Gasteiger partial charge is 0.480 e. The van der Waals surface area contributed by atoms with Gasteiger partial charge < -0.3 is 21.1 Å². The van der Waals surface area contributed by atoms with E-state index in [1.165, 1.54) is 0 Å². The third-order valence-electron chi connectivity index (χ3n) is 5.58. The second kappa shape index (κ2) is 8.73. The molecule has 0 aliphatic carbocycles. The lowest BCUT2D eigenvalue weighted by molar-refractivity contribution is -0.138. The molecule has 0 aliphatic rings. The van der Waals surface area contributed by atoms with Crippen LogP contribution in [-0.4, -0.2) is 31.7 Å². The highest BCUT2D eigenvalue weighted by Crippen LogP contribution is 2.30. The van der Waals surface area contributed by atoms with E-state index in [-0.39, 0.29) is 0 Å². The number of pyridine rings is 1. The molecule has 1 atom stereocenters. The Balaban J connectivity index is 1.76. The molecule has 0 saturated carbocycles. The predicted molar refractivity (Wildman–Crippen MR) is 123 cm³/mol. The summed E-state index contributed by atoms with van der Waals surface area (Å²) in [6.07, 6.45) is 3.29. The summed E-state index contributed by atoms with van der Waals surface area (Å²) < 4.78 is 2.24. The molecule has 7 nitrogen and oxygen atoms in total. The van der Waals surface area contributed by atoms with Crippen LogP contribution in [0.2, 0.25) is 0 Å². The molecule has 0 amide bonds. The van der Waals surface area contributed by atoms with Gasteiger partial charge in [0, 0.05) is 18.4 Å². The van der Waals surface area contributed by atoms with Crippen molar-refractivity contribution in [3.8, 4) is 0 Å². The number of aryl methyl sites for hydroxylation is 1. The molecule has 0 unspecified atom stereocenters. The van der Waals surface area contributed by atoms with E-state index in [1.54, 1.807) is 0 Å². The zero-order valence-corrected chi connectivity index (χ0v) is 17.6. The topological polar surface area (TPSA) is 120 Å². The summed E-state index contributed by atoms with van der Waals surface area (Å²) in [7, 11) is 0. The number of carboxylic acid groups (broad SMARTS) is 1. The fraction of sp³-hybridized carbons (Fsp3) is 0.292. The molecule has 160 valence electrons. The maximum absolute atomic E-state index is 11.0. The van der Waals surface area contributed by atoms with Crippen molar-refractivity contribution in [3.05, 3.63) is 65.5 Å². The van der Waals surface area contributed by atoms with E-state index in [9.17, 15) is 4.79 Å². The van der Waals surface area contributed by atoms with Crippen LogP contribution in [0.5, 0.6) is 0 Å². The monoisotopic (exact) mass is 417 g/mol. The van der Waals surface area contributed by atoms with Gasteiger partial charge in [0.05, 0.1) is 11.0 Å². The maximum Gasteiger partial charge on any atom is 0.320 e. The van der Waals surface area contributed by atoms with Gasteiger partial charge in [-0.1, -0.05) is 55.8 Å². The van der Waals surface area contributed by atoms with Crippen LogP contribution in [0, 0.1) is 0 Å².